The van der Waals surface area contributed by atoms with Crippen molar-refractivity contribution < 1.29 is 23.8 Å². The Labute approximate surface area is 107 Å². The second kappa shape index (κ2) is 6.46. The first-order valence-electron chi connectivity index (χ1n) is 4.74. The molecule has 1 aromatic heterocycles. The van der Waals surface area contributed by atoms with Crippen LogP contribution in [0.15, 0.2) is 6.07 Å². The lowest BCUT2D eigenvalue weighted by Crippen LogP contribution is -2.15. The first kappa shape index (κ1) is 13.8. The molecule has 0 bridgehead atoms. The van der Waals surface area contributed by atoms with E-state index in [0.717, 1.165) is 11.3 Å². The Kier molecular flexibility index (Phi) is 5.24. The van der Waals surface area contributed by atoms with Crippen LogP contribution in [0.3, 0.4) is 0 Å². The van der Waals surface area contributed by atoms with E-state index in [1.165, 1.54) is 13.2 Å². The number of hydrogen-bond donors (Lipinski definition) is 0. The lowest BCUT2D eigenvalue weighted by Gasteiger charge is -2.05. The van der Waals surface area contributed by atoms with Gasteiger partial charge in [-0.2, -0.15) is 0 Å². The van der Waals surface area contributed by atoms with E-state index in [-0.39, 0.29) is 23.8 Å². The number of ether oxygens (including phenoxy) is 3. The maximum Gasteiger partial charge on any atom is 0.351 e. The molecule has 0 N–H and O–H groups in total. The van der Waals surface area contributed by atoms with Crippen molar-refractivity contribution in [3.8, 4) is 5.75 Å². The molecule has 0 radical (unpaired) electrons. The highest BCUT2D eigenvalue weighted by molar-refractivity contribution is 7.18. The molecule has 0 aliphatic rings. The van der Waals surface area contributed by atoms with Gasteiger partial charge in [0.2, 0.25) is 0 Å². The SMILES string of the molecule is CCOC(=O)COc1cc(Cl)sc1C(=O)OC. The summed E-state index contributed by atoms with van der Waals surface area (Å²) in [5, 5.41) is 0. The fourth-order valence-electron chi connectivity index (χ4n) is 1.03. The molecular weight excluding hydrogens is 268 g/mol. The van der Waals surface area contributed by atoms with Crippen LogP contribution in [0, 0.1) is 0 Å². The second-order valence-corrected chi connectivity index (χ2v) is 4.51. The molecule has 7 heteroatoms. The van der Waals surface area contributed by atoms with Gasteiger partial charge in [-0.3, -0.25) is 0 Å². The summed E-state index contributed by atoms with van der Waals surface area (Å²) in [6.07, 6.45) is 0. The average Bonchev–Trinajstić information content (AvgIpc) is 2.67. The van der Waals surface area contributed by atoms with Crippen LogP contribution >= 0.6 is 22.9 Å². The molecule has 0 saturated heterocycles. The molecular formula is C10H11ClO5S. The maximum atomic E-state index is 11.4. The molecule has 94 valence electrons. The minimum atomic E-state index is -0.555. The van der Waals surface area contributed by atoms with Crippen LogP contribution in [-0.2, 0) is 14.3 Å². The summed E-state index contributed by atoms with van der Waals surface area (Å²) in [4.78, 5) is 22.7. The van der Waals surface area contributed by atoms with Crippen molar-refractivity contribution in [3.05, 3.63) is 15.3 Å². The zero-order valence-corrected chi connectivity index (χ0v) is 10.9. The van der Waals surface area contributed by atoms with Crippen molar-refractivity contribution in [1.82, 2.24) is 0 Å². The largest absolute Gasteiger partial charge is 0.480 e. The third-order valence-electron chi connectivity index (χ3n) is 1.69. The molecule has 1 aromatic rings. The van der Waals surface area contributed by atoms with E-state index in [9.17, 15) is 9.59 Å². The van der Waals surface area contributed by atoms with Crippen LogP contribution in [0.2, 0.25) is 4.34 Å². The van der Waals surface area contributed by atoms with Crippen LogP contribution in [0.4, 0.5) is 0 Å². The monoisotopic (exact) mass is 278 g/mol. The van der Waals surface area contributed by atoms with Crippen LogP contribution in [0.5, 0.6) is 5.75 Å². The summed E-state index contributed by atoms with van der Waals surface area (Å²) in [6, 6.07) is 1.46. The van der Waals surface area contributed by atoms with Crippen LogP contribution in [0.1, 0.15) is 16.6 Å². The Bertz CT molecular complexity index is 415. The van der Waals surface area contributed by atoms with Gasteiger partial charge in [0.05, 0.1) is 18.1 Å². The molecule has 1 rings (SSSR count). The van der Waals surface area contributed by atoms with E-state index in [1.54, 1.807) is 6.92 Å². The van der Waals surface area contributed by atoms with Gasteiger partial charge in [-0.1, -0.05) is 11.6 Å². The van der Waals surface area contributed by atoms with E-state index in [2.05, 4.69) is 9.47 Å². The van der Waals surface area contributed by atoms with Gasteiger partial charge < -0.3 is 14.2 Å². The first-order chi connectivity index (χ1) is 8.08. The molecule has 0 saturated carbocycles. The van der Waals surface area contributed by atoms with Crippen molar-refractivity contribution >= 4 is 34.9 Å². The third kappa shape index (κ3) is 3.90. The zero-order chi connectivity index (χ0) is 12.8. The van der Waals surface area contributed by atoms with Gasteiger partial charge in [-0.05, 0) is 6.92 Å². The molecule has 17 heavy (non-hydrogen) atoms. The lowest BCUT2D eigenvalue weighted by molar-refractivity contribution is -0.145. The molecule has 0 spiro atoms. The Morgan fingerprint density at radius 1 is 1.47 bits per heavy atom. The fraction of sp³-hybridized carbons (Fsp3) is 0.400. The van der Waals surface area contributed by atoms with Gasteiger partial charge in [-0.15, -0.1) is 11.3 Å². The Morgan fingerprint density at radius 2 is 2.18 bits per heavy atom. The molecule has 0 amide bonds. The summed E-state index contributed by atoms with van der Waals surface area (Å²) in [5.41, 5.74) is 0. The van der Waals surface area contributed by atoms with E-state index in [0.29, 0.717) is 4.34 Å². The first-order valence-corrected chi connectivity index (χ1v) is 5.94. The van der Waals surface area contributed by atoms with Crippen molar-refractivity contribution in [1.29, 1.82) is 0 Å². The highest BCUT2D eigenvalue weighted by Crippen LogP contribution is 2.33. The van der Waals surface area contributed by atoms with E-state index < -0.39 is 11.9 Å². The predicted octanol–water partition coefficient (Wildman–Crippen LogP) is 2.13. The number of hydrogen-bond acceptors (Lipinski definition) is 6. The van der Waals surface area contributed by atoms with Crippen LogP contribution in [0.25, 0.3) is 0 Å². The summed E-state index contributed by atoms with van der Waals surface area (Å²) >= 11 is 6.78. The number of carbonyl (C=O) groups excluding carboxylic acids is 2. The number of methoxy groups -OCH3 is 1. The van der Waals surface area contributed by atoms with Crippen molar-refractivity contribution in [2.45, 2.75) is 6.92 Å². The summed E-state index contributed by atoms with van der Waals surface area (Å²) in [6.45, 7) is 1.70. The lowest BCUT2D eigenvalue weighted by atomic mass is 10.4. The van der Waals surface area contributed by atoms with Gasteiger partial charge >= 0.3 is 11.9 Å². The van der Waals surface area contributed by atoms with E-state index in [4.69, 9.17) is 16.3 Å². The molecule has 0 aliphatic heterocycles. The molecule has 0 fully saturated rings. The van der Waals surface area contributed by atoms with Crippen molar-refractivity contribution in [2.24, 2.45) is 0 Å². The van der Waals surface area contributed by atoms with Crippen molar-refractivity contribution in [2.75, 3.05) is 20.3 Å². The summed E-state index contributed by atoms with van der Waals surface area (Å²) in [5.74, 6) is -0.841. The number of carbonyl (C=O) groups is 2. The topological polar surface area (TPSA) is 61.8 Å². The van der Waals surface area contributed by atoms with Gasteiger partial charge in [-0.25, -0.2) is 9.59 Å². The normalized spacial score (nSPS) is 9.82. The maximum absolute atomic E-state index is 11.4. The van der Waals surface area contributed by atoms with Gasteiger partial charge in [0, 0.05) is 6.07 Å². The Hall–Kier alpha value is -1.27. The minimum Gasteiger partial charge on any atom is -0.480 e. The van der Waals surface area contributed by atoms with Crippen LogP contribution < -0.4 is 4.74 Å². The van der Waals surface area contributed by atoms with Gasteiger partial charge in [0.15, 0.2) is 11.5 Å². The fourth-order valence-corrected chi connectivity index (χ4v) is 2.10. The number of esters is 2. The molecule has 0 atom stereocenters. The molecule has 5 nitrogen and oxygen atoms in total. The molecule has 0 aromatic carbocycles. The van der Waals surface area contributed by atoms with Gasteiger partial charge in [0.1, 0.15) is 5.75 Å². The number of thiophene rings is 1. The van der Waals surface area contributed by atoms with E-state index in [1.807, 2.05) is 0 Å². The standard InChI is InChI=1S/C10H11ClO5S/c1-3-15-8(12)5-16-6-4-7(11)17-9(6)10(13)14-2/h4H,3,5H2,1-2H3. The molecule has 1 heterocycles. The highest BCUT2D eigenvalue weighted by atomic mass is 35.5. The smallest absolute Gasteiger partial charge is 0.351 e. The summed E-state index contributed by atoms with van der Waals surface area (Å²) < 4.78 is 14.8. The van der Waals surface area contributed by atoms with Gasteiger partial charge in [0.25, 0.3) is 0 Å². The molecule has 0 unspecified atom stereocenters. The Morgan fingerprint density at radius 3 is 2.76 bits per heavy atom. The van der Waals surface area contributed by atoms with E-state index >= 15 is 0 Å². The third-order valence-corrected chi connectivity index (χ3v) is 2.91. The number of rotatable bonds is 5. The number of halogens is 1. The average molecular weight is 279 g/mol. The minimum absolute atomic E-state index is 0.222. The van der Waals surface area contributed by atoms with Crippen LogP contribution in [-0.4, -0.2) is 32.3 Å². The predicted molar refractivity (Wildman–Crippen MR) is 62.8 cm³/mol. The Balaban J connectivity index is 2.70. The van der Waals surface area contributed by atoms with Crippen molar-refractivity contribution in [3.63, 3.8) is 0 Å². The summed E-state index contributed by atoms with van der Waals surface area (Å²) in [7, 11) is 1.26. The highest BCUT2D eigenvalue weighted by Gasteiger charge is 2.18. The zero-order valence-electron chi connectivity index (χ0n) is 9.32. The molecule has 0 aliphatic carbocycles. The quantitative estimate of drug-likeness (QED) is 0.772. The second-order valence-electron chi connectivity index (χ2n) is 2.83.